The number of benzene rings is 2. The number of carbonyl (C=O) groups excluding carboxylic acids is 2. The number of rotatable bonds is 9. The van der Waals surface area contributed by atoms with Gasteiger partial charge in [0, 0.05) is 23.5 Å². The second kappa shape index (κ2) is 10.7. The van der Waals surface area contributed by atoms with Crippen LogP contribution in [0.3, 0.4) is 0 Å². The van der Waals surface area contributed by atoms with Gasteiger partial charge < -0.3 is 19.7 Å². The van der Waals surface area contributed by atoms with Crippen LogP contribution in [0.2, 0.25) is 0 Å². The van der Waals surface area contributed by atoms with E-state index in [1.807, 2.05) is 56.3 Å². The van der Waals surface area contributed by atoms with E-state index in [-0.39, 0.29) is 24.6 Å². The average molecular weight is 489 g/mol. The number of hydrogen-bond acceptors (Lipinski definition) is 4. The number of nitrogens with zero attached hydrogens (tertiary/aromatic N) is 1. The van der Waals surface area contributed by atoms with Crippen LogP contribution >= 0.6 is 15.9 Å². The topological polar surface area (TPSA) is 67.9 Å². The van der Waals surface area contributed by atoms with Gasteiger partial charge in [-0.1, -0.05) is 41.1 Å². The Hall–Kier alpha value is -2.54. The molecule has 0 aliphatic carbocycles. The summed E-state index contributed by atoms with van der Waals surface area (Å²) in [5.74, 6) is 1.23. The van der Waals surface area contributed by atoms with Crippen LogP contribution < -0.4 is 14.8 Å². The Kier molecular flexibility index (Phi) is 7.96. The monoisotopic (exact) mass is 488 g/mol. The summed E-state index contributed by atoms with van der Waals surface area (Å²) < 4.78 is 11.7. The average Bonchev–Trinajstić information content (AvgIpc) is 3.23. The van der Waals surface area contributed by atoms with Crippen LogP contribution in [0, 0.1) is 0 Å². The fourth-order valence-electron chi connectivity index (χ4n) is 3.37. The summed E-state index contributed by atoms with van der Waals surface area (Å²) in [4.78, 5) is 27.7. The van der Waals surface area contributed by atoms with Crippen molar-refractivity contribution < 1.29 is 19.1 Å². The Morgan fingerprint density at radius 2 is 1.87 bits per heavy atom. The maximum absolute atomic E-state index is 13.2. The van der Waals surface area contributed by atoms with Gasteiger partial charge in [-0.05, 0) is 62.1 Å². The zero-order valence-corrected chi connectivity index (χ0v) is 19.8. The predicted octanol–water partition coefficient (Wildman–Crippen LogP) is 4.44. The number of nitrogens with one attached hydrogen (secondary N) is 1. The van der Waals surface area contributed by atoms with Crippen molar-refractivity contribution in [1.82, 2.24) is 10.2 Å². The molecular formula is C24H29BrN2O4. The summed E-state index contributed by atoms with van der Waals surface area (Å²) in [6.45, 7) is 6.36. The van der Waals surface area contributed by atoms with E-state index in [2.05, 4.69) is 21.2 Å². The molecule has 0 radical (unpaired) electrons. The molecule has 0 aromatic heterocycles. The molecule has 2 aromatic carbocycles. The summed E-state index contributed by atoms with van der Waals surface area (Å²) in [7, 11) is 0. The fraction of sp³-hybridized carbons (Fsp3) is 0.417. The lowest BCUT2D eigenvalue weighted by atomic mass is 10.1. The molecular weight excluding hydrogens is 460 g/mol. The largest absolute Gasteiger partial charge is 0.454 e. The second-order valence-corrected chi connectivity index (χ2v) is 8.75. The minimum atomic E-state index is -0.572. The van der Waals surface area contributed by atoms with Gasteiger partial charge in [-0.2, -0.15) is 0 Å². The quantitative estimate of drug-likeness (QED) is 0.566. The molecule has 7 heteroatoms. The van der Waals surface area contributed by atoms with Gasteiger partial charge in [0.15, 0.2) is 11.5 Å². The van der Waals surface area contributed by atoms with Gasteiger partial charge >= 0.3 is 0 Å². The van der Waals surface area contributed by atoms with E-state index in [9.17, 15) is 9.59 Å². The number of carbonyl (C=O) groups is 2. The van der Waals surface area contributed by atoms with E-state index in [0.29, 0.717) is 25.1 Å². The van der Waals surface area contributed by atoms with Crippen molar-refractivity contribution in [3.05, 3.63) is 58.1 Å². The lowest BCUT2D eigenvalue weighted by Crippen LogP contribution is -2.49. The molecule has 0 unspecified atom stereocenters. The van der Waals surface area contributed by atoms with E-state index < -0.39 is 6.04 Å². The molecule has 6 nitrogen and oxygen atoms in total. The van der Waals surface area contributed by atoms with Gasteiger partial charge in [0.05, 0.1) is 0 Å². The minimum Gasteiger partial charge on any atom is -0.454 e. The van der Waals surface area contributed by atoms with Gasteiger partial charge in [-0.15, -0.1) is 0 Å². The van der Waals surface area contributed by atoms with Crippen LogP contribution in [-0.2, 0) is 22.6 Å². The molecule has 0 saturated heterocycles. The van der Waals surface area contributed by atoms with E-state index in [1.165, 1.54) is 0 Å². The lowest BCUT2D eigenvalue weighted by Gasteiger charge is -2.30. The highest BCUT2D eigenvalue weighted by Crippen LogP contribution is 2.32. The van der Waals surface area contributed by atoms with E-state index in [4.69, 9.17) is 9.47 Å². The first-order chi connectivity index (χ1) is 14.9. The number of hydrogen-bond donors (Lipinski definition) is 1. The highest BCUT2D eigenvalue weighted by Gasteiger charge is 2.26. The minimum absolute atomic E-state index is 0.0615. The molecule has 1 heterocycles. The van der Waals surface area contributed by atoms with Crippen molar-refractivity contribution >= 4 is 27.7 Å². The van der Waals surface area contributed by atoms with Crippen molar-refractivity contribution in [2.24, 2.45) is 0 Å². The first kappa shape index (κ1) is 23.1. The third-order valence-electron chi connectivity index (χ3n) is 5.47. The summed E-state index contributed by atoms with van der Waals surface area (Å²) in [5.41, 5.74) is 1.96. The van der Waals surface area contributed by atoms with Gasteiger partial charge in [0.2, 0.25) is 18.6 Å². The molecule has 0 bridgehead atoms. The van der Waals surface area contributed by atoms with Crippen LogP contribution in [0.4, 0.5) is 0 Å². The maximum Gasteiger partial charge on any atom is 0.242 e. The van der Waals surface area contributed by atoms with Crippen molar-refractivity contribution in [3.63, 3.8) is 0 Å². The summed E-state index contributed by atoms with van der Waals surface area (Å²) in [5, 5.41) is 2.99. The van der Waals surface area contributed by atoms with Crippen molar-refractivity contribution in [2.45, 2.75) is 58.7 Å². The molecule has 1 N–H and O–H groups in total. The van der Waals surface area contributed by atoms with Crippen molar-refractivity contribution in [1.29, 1.82) is 0 Å². The van der Waals surface area contributed by atoms with Gasteiger partial charge in [-0.3, -0.25) is 9.59 Å². The Balaban J connectivity index is 1.72. The Morgan fingerprint density at radius 3 is 2.61 bits per heavy atom. The highest BCUT2D eigenvalue weighted by atomic mass is 79.9. The van der Waals surface area contributed by atoms with Crippen LogP contribution in [0.1, 0.15) is 44.7 Å². The number of ether oxygens (including phenoxy) is 2. The molecule has 2 aromatic rings. The molecule has 1 aliphatic rings. The Labute approximate surface area is 192 Å². The Morgan fingerprint density at radius 1 is 1.10 bits per heavy atom. The second-order valence-electron chi connectivity index (χ2n) is 7.83. The number of halogens is 1. The normalized spacial score (nSPS) is 14.1. The van der Waals surface area contributed by atoms with Crippen molar-refractivity contribution in [3.8, 4) is 11.5 Å². The summed E-state index contributed by atoms with van der Waals surface area (Å²) in [6, 6.07) is 13.0. The molecule has 2 atom stereocenters. The summed E-state index contributed by atoms with van der Waals surface area (Å²) >= 11 is 3.48. The van der Waals surface area contributed by atoms with Crippen LogP contribution in [-0.4, -0.2) is 35.6 Å². The standard InChI is InChI=1S/C24H29BrN2O4/c1-4-16(2)26-24(29)17(3)27(14-19-6-5-7-20(25)12-19)23(28)11-9-18-8-10-21-22(13-18)31-15-30-21/h5-8,10,12-13,16-17H,4,9,11,14-15H2,1-3H3,(H,26,29)/t16-,17-/m0/s1. The first-order valence-electron chi connectivity index (χ1n) is 10.6. The molecule has 0 spiro atoms. The van der Waals surface area contributed by atoms with Gasteiger partial charge in [-0.25, -0.2) is 0 Å². The molecule has 166 valence electrons. The van der Waals surface area contributed by atoms with E-state index >= 15 is 0 Å². The number of fused-ring (bicyclic) bond motifs is 1. The highest BCUT2D eigenvalue weighted by molar-refractivity contribution is 9.10. The van der Waals surface area contributed by atoms with Crippen molar-refractivity contribution in [2.75, 3.05) is 6.79 Å². The third-order valence-corrected chi connectivity index (χ3v) is 5.97. The summed E-state index contributed by atoms with van der Waals surface area (Å²) in [6.07, 6.45) is 1.70. The molecule has 1 aliphatic heterocycles. The predicted molar refractivity (Wildman–Crippen MR) is 123 cm³/mol. The van der Waals surface area contributed by atoms with Crippen LogP contribution in [0.15, 0.2) is 46.9 Å². The van der Waals surface area contributed by atoms with Crippen LogP contribution in [0.25, 0.3) is 0 Å². The zero-order chi connectivity index (χ0) is 22.4. The zero-order valence-electron chi connectivity index (χ0n) is 18.2. The van der Waals surface area contributed by atoms with Gasteiger partial charge in [0.25, 0.3) is 0 Å². The van der Waals surface area contributed by atoms with E-state index in [1.54, 1.807) is 11.8 Å². The Bertz CT molecular complexity index is 934. The lowest BCUT2D eigenvalue weighted by molar-refractivity contribution is -0.140. The molecule has 2 amide bonds. The molecule has 3 rings (SSSR count). The molecule has 31 heavy (non-hydrogen) atoms. The van der Waals surface area contributed by atoms with Gasteiger partial charge in [0.1, 0.15) is 6.04 Å². The third kappa shape index (κ3) is 6.23. The fourth-order valence-corrected chi connectivity index (χ4v) is 3.82. The number of aryl methyl sites for hydroxylation is 1. The smallest absolute Gasteiger partial charge is 0.242 e. The van der Waals surface area contributed by atoms with Crippen LogP contribution in [0.5, 0.6) is 11.5 Å². The number of amides is 2. The SMILES string of the molecule is CC[C@H](C)NC(=O)[C@H](C)N(Cc1cccc(Br)c1)C(=O)CCc1ccc2c(c1)OCO2. The molecule has 0 saturated carbocycles. The first-order valence-corrected chi connectivity index (χ1v) is 11.4. The maximum atomic E-state index is 13.2. The molecule has 0 fully saturated rings. The van der Waals surface area contributed by atoms with E-state index in [0.717, 1.165) is 27.8 Å².